The zero-order valence-corrected chi connectivity index (χ0v) is 13.4. The number of pyridine rings is 1. The van der Waals surface area contributed by atoms with Crippen molar-refractivity contribution in [3.8, 4) is 0 Å². The molecule has 2 unspecified atom stereocenters. The number of aryl methyl sites for hydroxylation is 1. The Morgan fingerprint density at radius 2 is 2.05 bits per heavy atom. The number of aromatic nitrogens is 1. The number of hydrogen-bond acceptors (Lipinski definition) is 2. The van der Waals surface area contributed by atoms with E-state index in [-0.39, 0.29) is 23.3 Å². The van der Waals surface area contributed by atoms with Crippen LogP contribution in [0.4, 0.5) is 4.39 Å². The zero-order chi connectivity index (χ0) is 15.7. The van der Waals surface area contributed by atoms with E-state index in [1.165, 1.54) is 17.3 Å². The van der Waals surface area contributed by atoms with E-state index in [1.807, 2.05) is 0 Å². The van der Waals surface area contributed by atoms with Gasteiger partial charge in [-0.05, 0) is 47.9 Å². The van der Waals surface area contributed by atoms with Gasteiger partial charge in [0.25, 0.3) is 0 Å². The predicted molar refractivity (Wildman–Crippen MR) is 87.0 cm³/mol. The number of halogens is 1. The Bertz CT molecular complexity index is 666. The molecule has 1 aliphatic rings. The SMILES string of the molecule is CC(NC1c2ccccc2CCC1(C)C)c1cncc(F)c1. The van der Waals surface area contributed by atoms with Crippen LogP contribution in [0.25, 0.3) is 0 Å². The van der Waals surface area contributed by atoms with Gasteiger partial charge in [0.05, 0.1) is 6.20 Å². The molecule has 2 aromatic rings. The van der Waals surface area contributed by atoms with Crippen LogP contribution >= 0.6 is 0 Å². The van der Waals surface area contributed by atoms with Gasteiger partial charge in [0.15, 0.2) is 0 Å². The van der Waals surface area contributed by atoms with Crippen LogP contribution in [0.3, 0.4) is 0 Å². The van der Waals surface area contributed by atoms with Gasteiger partial charge in [-0.25, -0.2) is 4.39 Å². The van der Waals surface area contributed by atoms with Crippen LogP contribution in [0.1, 0.15) is 56.0 Å². The molecule has 0 spiro atoms. The summed E-state index contributed by atoms with van der Waals surface area (Å²) in [6, 6.07) is 10.5. The van der Waals surface area contributed by atoms with E-state index in [0.717, 1.165) is 18.4 Å². The van der Waals surface area contributed by atoms with Gasteiger partial charge in [-0.2, -0.15) is 0 Å². The maximum absolute atomic E-state index is 13.4. The minimum absolute atomic E-state index is 0.0543. The van der Waals surface area contributed by atoms with E-state index in [2.05, 4.69) is 55.3 Å². The summed E-state index contributed by atoms with van der Waals surface area (Å²) in [7, 11) is 0. The molecule has 1 N–H and O–H groups in total. The molecular weight excluding hydrogens is 275 g/mol. The molecular formula is C19H23FN2. The maximum Gasteiger partial charge on any atom is 0.141 e. The summed E-state index contributed by atoms with van der Waals surface area (Å²) in [6.45, 7) is 6.68. The minimum Gasteiger partial charge on any atom is -0.303 e. The molecule has 0 amide bonds. The molecule has 0 fully saturated rings. The highest BCUT2D eigenvalue weighted by molar-refractivity contribution is 5.34. The van der Waals surface area contributed by atoms with Gasteiger partial charge in [-0.1, -0.05) is 38.1 Å². The molecule has 2 atom stereocenters. The van der Waals surface area contributed by atoms with Gasteiger partial charge in [-0.15, -0.1) is 0 Å². The Balaban J connectivity index is 1.89. The van der Waals surface area contributed by atoms with Crippen molar-refractivity contribution < 1.29 is 4.39 Å². The summed E-state index contributed by atoms with van der Waals surface area (Å²) < 4.78 is 13.4. The van der Waals surface area contributed by atoms with Crippen LogP contribution in [0.2, 0.25) is 0 Å². The Labute approximate surface area is 131 Å². The van der Waals surface area contributed by atoms with E-state index in [1.54, 1.807) is 12.3 Å². The van der Waals surface area contributed by atoms with Gasteiger partial charge < -0.3 is 5.32 Å². The lowest BCUT2D eigenvalue weighted by atomic mass is 9.70. The number of fused-ring (bicyclic) bond motifs is 1. The van der Waals surface area contributed by atoms with Gasteiger partial charge in [-0.3, -0.25) is 4.98 Å². The average Bonchev–Trinajstić information content (AvgIpc) is 2.50. The van der Waals surface area contributed by atoms with Crippen LogP contribution in [0.15, 0.2) is 42.7 Å². The summed E-state index contributed by atoms with van der Waals surface area (Å²) in [6.07, 6.45) is 5.26. The third-order valence-electron chi connectivity index (χ3n) is 4.83. The van der Waals surface area contributed by atoms with Crippen molar-refractivity contribution in [2.24, 2.45) is 5.41 Å². The first kappa shape index (κ1) is 15.2. The van der Waals surface area contributed by atoms with Gasteiger partial charge in [0, 0.05) is 18.3 Å². The smallest absolute Gasteiger partial charge is 0.141 e. The summed E-state index contributed by atoms with van der Waals surface area (Å²) in [5.74, 6) is -0.283. The monoisotopic (exact) mass is 298 g/mol. The second kappa shape index (κ2) is 5.81. The van der Waals surface area contributed by atoms with Crippen LogP contribution in [-0.2, 0) is 6.42 Å². The molecule has 0 aliphatic heterocycles. The Kier molecular flexibility index (Phi) is 4.00. The second-order valence-electron chi connectivity index (χ2n) is 6.95. The highest BCUT2D eigenvalue weighted by Crippen LogP contribution is 2.44. The van der Waals surface area contributed by atoms with Crippen molar-refractivity contribution >= 4 is 0 Å². The van der Waals surface area contributed by atoms with E-state index in [0.29, 0.717) is 0 Å². The van der Waals surface area contributed by atoms with Gasteiger partial charge in [0.1, 0.15) is 5.82 Å². The molecule has 0 radical (unpaired) electrons. The van der Waals surface area contributed by atoms with Crippen LogP contribution in [0, 0.1) is 11.2 Å². The quantitative estimate of drug-likeness (QED) is 0.897. The molecule has 0 saturated heterocycles. The predicted octanol–water partition coefficient (Wildman–Crippen LogP) is 4.59. The molecule has 3 rings (SSSR count). The third-order valence-corrected chi connectivity index (χ3v) is 4.83. The molecule has 116 valence electrons. The van der Waals surface area contributed by atoms with Gasteiger partial charge in [0.2, 0.25) is 0 Å². The third kappa shape index (κ3) is 2.91. The molecule has 1 aromatic heterocycles. The summed E-state index contributed by atoms with van der Waals surface area (Å²) >= 11 is 0. The number of rotatable bonds is 3. The Morgan fingerprint density at radius 3 is 2.82 bits per heavy atom. The Hall–Kier alpha value is -1.74. The lowest BCUT2D eigenvalue weighted by Gasteiger charge is -2.42. The van der Waals surface area contributed by atoms with Crippen molar-refractivity contribution in [2.75, 3.05) is 0 Å². The largest absolute Gasteiger partial charge is 0.303 e. The fourth-order valence-corrected chi connectivity index (χ4v) is 3.39. The lowest BCUT2D eigenvalue weighted by molar-refractivity contribution is 0.196. The van der Waals surface area contributed by atoms with Crippen LogP contribution in [0.5, 0.6) is 0 Å². The van der Waals surface area contributed by atoms with Crippen molar-refractivity contribution in [3.05, 3.63) is 65.2 Å². The number of nitrogens with zero attached hydrogens (tertiary/aromatic N) is 1. The molecule has 1 aromatic carbocycles. The molecule has 0 bridgehead atoms. The molecule has 0 saturated carbocycles. The van der Waals surface area contributed by atoms with Crippen molar-refractivity contribution in [2.45, 2.75) is 45.7 Å². The standard InChI is InChI=1S/C19H23FN2/c1-13(15-10-16(20)12-21-11-15)22-18-17-7-5-4-6-14(17)8-9-19(18,2)3/h4-7,10-13,18,22H,8-9H2,1-3H3. The fourth-order valence-electron chi connectivity index (χ4n) is 3.39. The minimum atomic E-state index is -0.283. The first-order chi connectivity index (χ1) is 10.5. The first-order valence-electron chi connectivity index (χ1n) is 7.92. The number of benzene rings is 1. The molecule has 3 heteroatoms. The average molecular weight is 298 g/mol. The van der Waals surface area contributed by atoms with Crippen LogP contribution in [-0.4, -0.2) is 4.98 Å². The first-order valence-corrected chi connectivity index (χ1v) is 7.92. The summed E-state index contributed by atoms with van der Waals surface area (Å²) in [4.78, 5) is 3.96. The van der Waals surface area contributed by atoms with Gasteiger partial charge >= 0.3 is 0 Å². The zero-order valence-electron chi connectivity index (χ0n) is 13.4. The highest BCUT2D eigenvalue weighted by atomic mass is 19.1. The lowest BCUT2D eigenvalue weighted by Crippen LogP contribution is -2.39. The summed E-state index contributed by atoms with van der Waals surface area (Å²) in [5, 5.41) is 3.70. The number of hydrogen-bond donors (Lipinski definition) is 1. The number of nitrogens with one attached hydrogen (secondary N) is 1. The van der Waals surface area contributed by atoms with Crippen molar-refractivity contribution in [1.29, 1.82) is 0 Å². The molecule has 1 heterocycles. The van der Waals surface area contributed by atoms with Crippen LogP contribution < -0.4 is 5.32 Å². The Morgan fingerprint density at radius 1 is 1.27 bits per heavy atom. The fraction of sp³-hybridized carbons (Fsp3) is 0.421. The normalized spacial score (nSPS) is 21.2. The van der Waals surface area contributed by atoms with Crippen molar-refractivity contribution in [3.63, 3.8) is 0 Å². The highest BCUT2D eigenvalue weighted by Gasteiger charge is 2.36. The topological polar surface area (TPSA) is 24.9 Å². The molecule has 1 aliphatic carbocycles. The van der Waals surface area contributed by atoms with Crippen molar-refractivity contribution in [1.82, 2.24) is 10.3 Å². The van der Waals surface area contributed by atoms with E-state index in [4.69, 9.17) is 0 Å². The van der Waals surface area contributed by atoms with E-state index in [9.17, 15) is 4.39 Å². The van der Waals surface area contributed by atoms with E-state index < -0.39 is 0 Å². The van der Waals surface area contributed by atoms with E-state index >= 15 is 0 Å². The second-order valence-corrected chi connectivity index (χ2v) is 6.95. The molecule has 2 nitrogen and oxygen atoms in total. The summed E-state index contributed by atoms with van der Waals surface area (Å²) in [5.41, 5.74) is 3.85. The maximum atomic E-state index is 13.4. The molecule has 22 heavy (non-hydrogen) atoms.